The maximum Gasteiger partial charge on any atom is 0.312 e. The number of carbonyl (C=O) groups excluding carboxylic acids is 1. The largest absolute Gasteiger partial charge is 0.352 e. The van der Waals surface area contributed by atoms with Crippen LogP contribution in [0.25, 0.3) is 0 Å². The predicted octanol–water partition coefficient (Wildman–Crippen LogP) is 1.01. The molecule has 4 nitrogen and oxygen atoms in total. The zero-order chi connectivity index (χ0) is 11.8. The molecule has 1 aromatic rings. The fraction of sp³-hybridized carbons (Fsp3) is 0.417. The molecule has 0 bridgehead atoms. The fourth-order valence-corrected chi connectivity index (χ4v) is 1.40. The van der Waals surface area contributed by atoms with Gasteiger partial charge in [0.25, 0.3) is 0 Å². The van der Waals surface area contributed by atoms with Crippen molar-refractivity contribution in [2.45, 2.75) is 19.9 Å². The number of amides is 2. The van der Waals surface area contributed by atoms with Crippen LogP contribution < -0.4 is 16.4 Å². The van der Waals surface area contributed by atoms with Crippen molar-refractivity contribution in [3.63, 3.8) is 0 Å². The first kappa shape index (κ1) is 12.5. The van der Waals surface area contributed by atoms with Gasteiger partial charge in [0.15, 0.2) is 0 Å². The minimum absolute atomic E-state index is 0.478. The number of rotatable bonds is 6. The lowest BCUT2D eigenvalue weighted by molar-refractivity contribution is 0.249. The summed E-state index contributed by atoms with van der Waals surface area (Å²) in [5, 5.41) is 5.75. The number of nitrogens with two attached hydrogens (primary N) is 1. The SMILES string of the molecule is CCc1ccc(CNCCNC(N)=O)cc1. The molecule has 0 saturated carbocycles. The van der Waals surface area contributed by atoms with Crippen LogP contribution in [0.15, 0.2) is 24.3 Å². The van der Waals surface area contributed by atoms with Crippen molar-refractivity contribution < 1.29 is 4.79 Å². The number of urea groups is 1. The molecule has 16 heavy (non-hydrogen) atoms. The van der Waals surface area contributed by atoms with E-state index in [1.165, 1.54) is 11.1 Å². The van der Waals surface area contributed by atoms with Crippen LogP contribution in [0.1, 0.15) is 18.1 Å². The lowest BCUT2D eigenvalue weighted by Gasteiger charge is -2.06. The third kappa shape index (κ3) is 4.79. The van der Waals surface area contributed by atoms with Gasteiger partial charge in [-0.25, -0.2) is 4.79 Å². The predicted molar refractivity (Wildman–Crippen MR) is 65.1 cm³/mol. The van der Waals surface area contributed by atoms with E-state index in [1.807, 2.05) is 0 Å². The first-order valence-corrected chi connectivity index (χ1v) is 5.54. The molecule has 0 spiro atoms. The van der Waals surface area contributed by atoms with Gasteiger partial charge in [-0.05, 0) is 17.5 Å². The van der Waals surface area contributed by atoms with Gasteiger partial charge < -0.3 is 16.4 Å². The average molecular weight is 221 g/mol. The summed E-state index contributed by atoms with van der Waals surface area (Å²) in [5.41, 5.74) is 7.53. The summed E-state index contributed by atoms with van der Waals surface area (Å²) in [7, 11) is 0. The van der Waals surface area contributed by atoms with E-state index < -0.39 is 6.03 Å². The monoisotopic (exact) mass is 221 g/mol. The number of carbonyl (C=O) groups is 1. The minimum Gasteiger partial charge on any atom is -0.352 e. The Morgan fingerprint density at radius 2 is 1.81 bits per heavy atom. The standard InChI is InChI=1S/C12H19N3O/c1-2-10-3-5-11(6-4-10)9-14-7-8-15-12(13)16/h3-6,14H,2,7-9H2,1H3,(H3,13,15,16). The highest BCUT2D eigenvalue weighted by Gasteiger charge is 1.94. The molecule has 0 unspecified atom stereocenters. The Balaban J connectivity index is 2.19. The summed E-state index contributed by atoms with van der Waals surface area (Å²) in [5.74, 6) is 0. The maximum absolute atomic E-state index is 10.4. The van der Waals surface area contributed by atoms with Crippen molar-refractivity contribution in [2.75, 3.05) is 13.1 Å². The summed E-state index contributed by atoms with van der Waals surface area (Å²) in [6.45, 7) is 4.23. The molecule has 0 heterocycles. The zero-order valence-corrected chi connectivity index (χ0v) is 9.62. The van der Waals surface area contributed by atoms with Gasteiger partial charge in [0.05, 0.1) is 0 Å². The lowest BCUT2D eigenvalue weighted by atomic mass is 10.1. The van der Waals surface area contributed by atoms with Crippen molar-refractivity contribution in [1.82, 2.24) is 10.6 Å². The van der Waals surface area contributed by atoms with Crippen LogP contribution in [0.4, 0.5) is 4.79 Å². The number of hydrogen-bond donors (Lipinski definition) is 3. The highest BCUT2D eigenvalue weighted by atomic mass is 16.2. The van der Waals surface area contributed by atoms with E-state index in [2.05, 4.69) is 41.8 Å². The molecule has 0 aliphatic rings. The van der Waals surface area contributed by atoms with Gasteiger partial charge >= 0.3 is 6.03 Å². The Hall–Kier alpha value is -1.55. The molecule has 1 rings (SSSR count). The van der Waals surface area contributed by atoms with Crippen LogP contribution in [0.3, 0.4) is 0 Å². The number of hydrogen-bond acceptors (Lipinski definition) is 2. The van der Waals surface area contributed by atoms with Gasteiger partial charge in [0.1, 0.15) is 0 Å². The summed E-state index contributed by atoms with van der Waals surface area (Å²) in [6.07, 6.45) is 1.07. The third-order valence-electron chi connectivity index (χ3n) is 2.36. The molecular formula is C12H19N3O. The average Bonchev–Trinajstić information content (AvgIpc) is 2.29. The van der Waals surface area contributed by atoms with Crippen LogP contribution in [-0.2, 0) is 13.0 Å². The quantitative estimate of drug-likeness (QED) is 0.627. The zero-order valence-electron chi connectivity index (χ0n) is 9.62. The number of aryl methyl sites for hydroxylation is 1. The van der Waals surface area contributed by atoms with Gasteiger partial charge in [0, 0.05) is 19.6 Å². The second kappa shape index (κ2) is 6.85. The van der Waals surface area contributed by atoms with E-state index in [0.29, 0.717) is 6.54 Å². The fourth-order valence-electron chi connectivity index (χ4n) is 1.40. The molecule has 0 aromatic heterocycles. The van der Waals surface area contributed by atoms with Gasteiger partial charge in [-0.15, -0.1) is 0 Å². The molecule has 0 fully saturated rings. The molecule has 4 heteroatoms. The van der Waals surface area contributed by atoms with Gasteiger partial charge in [-0.3, -0.25) is 0 Å². The normalized spacial score (nSPS) is 10.1. The first-order valence-electron chi connectivity index (χ1n) is 5.54. The summed E-state index contributed by atoms with van der Waals surface area (Å²) in [4.78, 5) is 10.4. The van der Waals surface area contributed by atoms with E-state index in [9.17, 15) is 4.79 Å². The molecule has 0 atom stereocenters. The Bertz CT molecular complexity index is 322. The summed E-state index contributed by atoms with van der Waals surface area (Å²) in [6, 6.07) is 8.03. The topological polar surface area (TPSA) is 67.2 Å². The molecule has 1 aromatic carbocycles. The minimum atomic E-state index is -0.478. The second-order valence-corrected chi connectivity index (χ2v) is 3.64. The van der Waals surface area contributed by atoms with Crippen molar-refractivity contribution in [2.24, 2.45) is 5.73 Å². The van der Waals surface area contributed by atoms with E-state index in [4.69, 9.17) is 5.73 Å². The molecule has 2 amide bonds. The molecule has 88 valence electrons. The second-order valence-electron chi connectivity index (χ2n) is 3.64. The maximum atomic E-state index is 10.4. The number of benzene rings is 1. The van der Waals surface area contributed by atoms with Crippen LogP contribution in [0, 0.1) is 0 Å². The first-order chi connectivity index (χ1) is 7.72. The molecular weight excluding hydrogens is 202 g/mol. The van der Waals surface area contributed by atoms with Crippen molar-refractivity contribution in [1.29, 1.82) is 0 Å². The van der Waals surface area contributed by atoms with Crippen molar-refractivity contribution >= 4 is 6.03 Å². The van der Waals surface area contributed by atoms with E-state index in [0.717, 1.165) is 19.5 Å². The van der Waals surface area contributed by atoms with Gasteiger partial charge in [-0.2, -0.15) is 0 Å². The van der Waals surface area contributed by atoms with Crippen LogP contribution in [0.5, 0.6) is 0 Å². The summed E-state index contributed by atoms with van der Waals surface area (Å²) >= 11 is 0. The van der Waals surface area contributed by atoms with Gasteiger partial charge in [-0.1, -0.05) is 31.2 Å². The van der Waals surface area contributed by atoms with E-state index >= 15 is 0 Å². The highest BCUT2D eigenvalue weighted by Crippen LogP contribution is 2.04. The van der Waals surface area contributed by atoms with Crippen LogP contribution >= 0.6 is 0 Å². The highest BCUT2D eigenvalue weighted by molar-refractivity contribution is 5.71. The van der Waals surface area contributed by atoms with E-state index in [1.54, 1.807) is 0 Å². The Morgan fingerprint density at radius 1 is 1.19 bits per heavy atom. The van der Waals surface area contributed by atoms with Crippen LogP contribution in [-0.4, -0.2) is 19.1 Å². The molecule has 0 aliphatic carbocycles. The Labute approximate surface area is 96.2 Å². The van der Waals surface area contributed by atoms with Crippen LogP contribution in [0.2, 0.25) is 0 Å². The third-order valence-corrected chi connectivity index (χ3v) is 2.36. The Morgan fingerprint density at radius 3 is 2.38 bits per heavy atom. The molecule has 4 N–H and O–H groups in total. The molecule has 0 aliphatic heterocycles. The molecule has 0 saturated heterocycles. The Kier molecular flexibility index (Phi) is 5.36. The van der Waals surface area contributed by atoms with Crippen molar-refractivity contribution in [3.8, 4) is 0 Å². The number of nitrogens with one attached hydrogen (secondary N) is 2. The number of primary amides is 1. The van der Waals surface area contributed by atoms with E-state index in [-0.39, 0.29) is 0 Å². The lowest BCUT2D eigenvalue weighted by Crippen LogP contribution is -2.35. The molecule has 0 radical (unpaired) electrons. The van der Waals surface area contributed by atoms with Gasteiger partial charge in [0.2, 0.25) is 0 Å². The summed E-state index contributed by atoms with van der Waals surface area (Å²) < 4.78 is 0. The van der Waals surface area contributed by atoms with Crippen molar-refractivity contribution in [3.05, 3.63) is 35.4 Å². The smallest absolute Gasteiger partial charge is 0.312 e.